The van der Waals surface area contributed by atoms with E-state index in [0.29, 0.717) is 24.6 Å². The Kier molecular flexibility index (Phi) is 4.10. The van der Waals surface area contributed by atoms with Crippen LogP contribution in [0.1, 0.15) is 24.8 Å². The molecule has 1 aliphatic heterocycles. The smallest absolute Gasteiger partial charge is 0.244 e. The Morgan fingerprint density at radius 2 is 2.19 bits per heavy atom. The van der Waals surface area contributed by atoms with E-state index in [1.54, 1.807) is 6.08 Å². The molecule has 1 aromatic carbocycles. The maximum Gasteiger partial charge on any atom is 0.244 e. The normalized spacial score (nSPS) is 18.0. The summed E-state index contributed by atoms with van der Waals surface area (Å²) in [5.74, 6) is 1.72. The average molecular weight is 289 g/mol. The van der Waals surface area contributed by atoms with E-state index in [0.717, 1.165) is 24.2 Å². The Labute approximate surface area is 123 Å². The lowest BCUT2D eigenvalue weighted by Crippen LogP contribution is -2.26. The molecule has 1 aliphatic carbocycles. The summed E-state index contributed by atoms with van der Waals surface area (Å²) in [6, 6.07) is 5.53. The Balaban J connectivity index is 1.45. The lowest BCUT2D eigenvalue weighted by Gasteiger charge is -2.08. The summed E-state index contributed by atoms with van der Waals surface area (Å²) >= 11 is 0. The molecule has 2 aliphatic rings. The number of aliphatic hydroxyl groups is 1. The number of hydrogen-bond donors (Lipinski definition) is 2. The highest BCUT2D eigenvalue weighted by atomic mass is 16.7. The molecule has 3 rings (SSSR count). The van der Waals surface area contributed by atoms with Crippen LogP contribution < -0.4 is 14.8 Å². The highest BCUT2D eigenvalue weighted by molar-refractivity contribution is 5.91. The number of hydrogen-bond acceptors (Lipinski definition) is 4. The summed E-state index contributed by atoms with van der Waals surface area (Å²) in [5.41, 5.74) is 0.882. The van der Waals surface area contributed by atoms with Crippen molar-refractivity contribution in [1.29, 1.82) is 0 Å². The highest BCUT2D eigenvalue weighted by Gasteiger charge is 2.29. The van der Waals surface area contributed by atoms with Gasteiger partial charge in [-0.2, -0.15) is 0 Å². The standard InChI is InChI=1S/C16H19NO4/c18-13(12-3-4-12)7-8-17-16(19)6-2-11-1-5-14-15(9-11)21-10-20-14/h1-2,5-6,9,12-13,18H,3-4,7-8,10H2,(H,17,19)/b6-2+. The maximum atomic E-state index is 11.7. The van der Waals surface area contributed by atoms with Gasteiger partial charge in [0.2, 0.25) is 12.7 Å². The van der Waals surface area contributed by atoms with Crippen LogP contribution in [0.2, 0.25) is 0 Å². The van der Waals surface area contributed by atoms with Gasteiger partial charge in [-0.1, -0.05) is 6.07 Å². The second-order valence-corrected chi connectivity index (χ2v) is 5.43. The van der Waals surface area contributed by atoms with Crippen molar-refractivity contribution in [3.8, 4) is 11.5 Å². The van der Waals surface area contributed by atoms with Gasteiger partial charge < -0.3 is 19.9 Å². The van der Waals surface area contributed by atoms with Gasteiger partial charge in [0.1, 0.15) is 0 Å². The summed E-state index contributed by atoms with van der Waals surface area (Å²) in [6.45, 7) is 0.744. The van der Waals surface area contributed by atoms with E-state index in [1.807, 2.05) is 18.2 Å². The van der Waals surface area contributed by atoms with Gasteiger partial charge in [0, 0.05) is 12.6 Å². The van der Waals surface area contributed by atoms with E-state index in [9.17, 15) is 9.90 Å². The molecule has 0 spiro atoms. The molecule has 1 heterocycles. The zero-order chi connectivity index (χ0) is 14.7. The van der Waals surface area contributed by atoms with Gasteiger partial charge in [-0.25, -0.2) is 0 Å². The van der Waals surface area contributed by atoms with Crippen molar-refractivity contribution in [2.75, 3.05) is 13.3 Å². The summed E-state index contributed by atoms with van der Waals surface area (Å²) in [4.78, 5) is 11.7. The van der Waals surface area contributed by atoms with E-state index in [4.69, 9.17) is 9.47 Å². The van der Waals surface area contributed by atoms with Crippen LogP contribution in [0.5, 0.6) is 11.5 Å². The molecule has 21 heavy (non-hydrogen) atoms. The van der Waals surface area contributed by atoms with Crippen molar-refractivity contribution in [2.24, 2.45) is 5.92 Å². The Morgan fingerprint density at radius 3 is 3.00 bits per heavy atom. The molecule has 5 nitrogen and oxygen atoms in total. The zero-order valence-corrected chi connectivity index (χ0v) is 11.7. The minimum Gasteiger partial charge on any atom is -0.454 e. The first-order valence-corrected chi connectivity index (χ1v) is 7.26. The Morgan fingerprint density at radius 1 is 1.38 bits per heavy atom. The molecule has 1 atom stereocenters. The van der Waals surface area contributed by atoms with E-state index in [2.05, 4.69) is 5.32 Å². The summed E-state index contributed by atoms with van der Waals surface area (Å²) in [5, 5.41) is 12.5. The lowest BCUT2D eigenvalue weighted by molar-refractivity contribution is -0.116. The number of amides is 1. The monoisotopic (exact) mass is 289 g/mol. The third kappa shape index (κ3) is 3.76. The predicted octanol–water partition coefficient (Wildman–Crippen LogP) is 1.71. The summed E-state index contributed by atoms with van der Waals surface area (Å²) < 4.78 is 10.5. The second-order valence-electron chi connectivity index (χ2n) is 5.43. The first-order chi connectivity index (χ1) is 10.2. The van der Waals surface area contributed by atoms with Gasteiger partial charge in [0.05, 0.1) is 6.10 Å². The number of benzene rings is 1. The maximum absolute atomic E-state index is 11.7. The van der Waals surface area contributed by atoms with Crippen LogP contribution in [0, 0.1) is 5.92 Å². The number of rotatable bonds is 6. The van der Waals surface area contributed by atoms with Crippen LogP contribution in [0.3, 0.4) is 0 Å². The van der Waals surface area contributed by atoms with E-state index in [1.165, 1.54) is 6.08 Å². The molecule has 2 N–H and O–H groups in total. The average Bonchev–Trinajstić information content (AvgIpc) is 3.23. The summed E-state index contributed by atoms with van der Waals surface area (Å²) in [7, 11) is 0. The number of ether oxygens (including phenoxy) is 2. The van der Waals surface area contributed by atoms with Crippen LogP contribution in [0.4, 0.5) is 0 Å². The van der Waals surface area contributed by atoms with Gasteiger partial charge in [0.15, 0.2) is 11.5 Å². The van der Waals surface area contributed by atoms with Crippen LogP contribution in [-0.4, -0.2) is 30.5 Å². The molecule has 5 heteroatoms. The fourth-order valence-electron chi connectivity index (χ4n) is 2.31. The molecule has 1 fully saturated rings. The van der Waals surface area contributed by atoms with E-state index >= 15 is 0 Å². The van der Waals surface area contributed by atoms with Crippen LogP contribution in [0.15, 0.2) is 24.3 Å². The zero-order valence-electron chi connectivity index (χ0n) is 11.7. The SMILES string of the molecule is O=C(/C=C/c1ccc2c(c1)OCO2)NCCC(O)C1CC1. The van der Waals surface area contributed by atoms with E-state index in [-0.39, 0.29) is 18.8 Å². The molecule has 1 amide bonds. The second kappa shape index (κ2) is 6.18. The molecule has 1 unspecified atom stereocenters. The number of carbonyl (C=O) groups is 1. The van der Waals surface area contributed by atoms with E-state index < -0.39 is 0 Å². The molecule has 0 saturated heterocycles. The first kappa shape index (κ1) is 13.9. The van der Waals surface area contributed by atoms with Crippen LogP contribution >= 0.6 is 0 Å². The fourth-order valence-corrected chi connectivity index (χ4v) is 2.31. The van der Waals surface area contributed by atoms with Crippen molar-refractivity contribution >= 4 is 12.0 Å². The van der Waals surface area contributed by atoms with Gasteiger partial charge in [0.25, 0.3) is 0 Å². The lowest BCUT2D eigenvalue weighted by atomic mass is 10.1. The third-order valence-corrected chi connectivity index (χ3v) is 3.73. The Bertz CT molecular complexity index is 551. The Hall–Kier alpha value is -2.01. The first-order valence-electron chi connectivity index (χ1n) is 7.26. The van der Waals surface area contributed by atoms with Crippen molar-refractivity contribution < 1.29 is 19.4 Å². The highest BCUT2D eigenvalue weighted by Crippen LogP contribution is 2.34. The largest absolute Gasteiger partial charge is 0.454 e. The fraction of sp³-hybridized carbons (Fsp3) is 0.438. The number of fused-ring (bicyclic) bond motifs is 1. The van der Waals surface area contributed by atoms with Crippen LogP contribution in [0.25, 0.3) is 6.08 Å². The minimum atomic E-state index is -0.275. The molecule has 0 aromatic heterocycles. The predicted molar refractivity (Wildman–Crippen MR) is 78.0 cm³/mol. The van der Waals surface area contributed by atoms with Gasteiger partial charge in [-0.05, 0) is 49.0 Å². The van der Waals surface area contributed by atoms with Crippen molar-refractivity contribution in [2.45, 2.75) is 25.4 Å². The number of carbonyl (C=O) groups excluding carboxylic acids is 1. The molecule has 0 bridgehead atoms. The summed E-state index contributed by atoms with van der Waals surface area (Å²) in [6.07, 6.45) is 5.78. The molecule has 112 valence electrons. The number of nitrogens with one attached hydrogen (secondary N) is 1. The molecular weight excluding hydrogens is 270 g/mol. The minimum absolute atomic E-state index is 0.157. The van der Waals surface area contributed by atoms with Crippen molar-refractivity contribution in [3.63, 3.8) is 0 Å². The molecule has 0 radical (unpaired) electrons. The van der Waals surface area contributed by atoms with Crippen molar-refractivity contribution in [3.05, 3.63) is 29.8 Å². The van der Waals surface area contributed by atoms with Crippen LogP contribution in [-0.2, 0) is 4.79 Å². The quantitative estimate of drug-likeness (QED) is 0.782. The third-order valence-electron chi connectivity index (χ3n) is 3.73. The van der Waals surface area contributed by atoms with Gasteiger partial charge in [-0.15, -0.1) is 0 Å². The topological polar surface area (TPSA) is 67.8 Å². The van der Waals surface area contributed by atoms with Gasteiger partial charge in [-0.3, -0.25) is 4.79 Å². The van der Waals surface area contributed by atoms with Gasteiger partial charge >= 0.3 is 0 Å². The van der Waals surface area contributed by atoms with Crippen molar-refractivity contribution in [1.82, 2.24) is 5.32 Å². The molecular formula is C16H19NO4. The molecule has 1 aromatic rings. The number of aliphatic hydroxyl groups excluding tert-OH is 1. The molecule has 1 saturated carbocycles.